The molecule has 1 saturated carbocycles. The number of nitrogens with one attached hydrogen (secondary N) is 1. The first-order chi connectivity index (χ1) is 8.20. The number of benzene rings is 1. The molecule has 1 aromatic rings. The van der Waals surface area contributed by atoms with Gasteiger partial charge in [-0.15, -0.1) is 0 Å². The molecular weight excluding hydrogens is 218 g/mol. The second kappa shape index (κ2) is 4.99. The number of carbonyl (C=O) groups excluding carboxylic acids is 2. The van der Waals surface area contributed by atoms with Crippen LogP contribution in [0.5, 0.6) is 0 Å². The van der Waals surface area contributed by atoms with Gasteiger partial charge in [0.25, 0.3) is 0 Å². The Balaban J connectivity index is 1.95. The average molecular weight is 233 g/mol. The van der Waals surface area contributed by atoms with Crippen LogP contribution < -0.4 is 5.32 Å². The molecular formula is C13H15NO3. The number of ether oxygens (including phenoxy) is 1. The van der Waals surface area contributed by atoms with Crippen molar-refractivity contribution in [3.05, 3.63) is 29.8 Å². The van der Waals surface area contributed by atoms with Crippen molar-refractivity contribution in [2.75, 3.05) is 19.0 Å². The van der Waals surface area contributed by atoms with E-state index in [1.54, 1.807) is 18.2 Å². The minimum absolute atomic E-state index is 0.244. The first-order valence-corrected chi connectivity index (χ1v) is 5.65. The van der Waals surface area contributed by atoms with E-state index < -0.39 is 0 Å². The monoisotopic (exact) mass is 233 g/mol. The largest absolute Gasteiger partial charge is 0.465 e. The SMILES string of the molecule is COC(=O)c1cccc(NCC(=O)C2CC2)c1. The van der Waals surface area contributed by atoms with E-state index in [-0.39, 0.29) is 17.7 Å². The van der Waals surface area contributed by atoms with Crippen LogP contribution in [0.1, 0.15) is 23.2 Å². The van der Waals surface area contributed by atoms with Crippen LogP contribution in [0.4, 0.5) is 5.69 Å². The summed E-state index contributed by atoms with van der Waals surface area (Å²) in [7, 11) is 1.35. The van der Waals surface area contributed by atoms with Crippen LogP contribution in [0.2, 0.25) is 0 Å². The third kappa shape index (κ3) is 3.06. The summed E-state index contributed by atoms with van der Waals surface area (Å²) in [6.07, 6.45) is 2.03. The van der Waals surface area contributed by atoms with E-state index in [0.717, 1.165) is 18.5 Å². The average Bonchev–Trinajstić information content (AvgIpc) is 3.19. The van der Waals surface area contributed by atoms with E-state index in [1.807, 2.05) is 6.07 Å². The Kier molecular flexibility index (Phi) is 3.42. The lowest BCUT2D eigenvalue weighted by atomic mass is 10.2. The summed E-state index contributed by atoms with van der Waals surface area (Å²) in [6, 6.07) is 6.95. The molecule has 0 amide bonds. The number of Topliss-reactive ketones (excluding diaryl/α,β-unsaturated/α-hetero) is 1. The molecule has 0 aromatic heterocycles. The minimum atomic E-state index is -0.373. The molecule has 17 heavy (non-hydrogen) atoms. The third-order valence-corrected chi connectivity index (χ3v) is 2.78. The molecule has 1 aliphatic carbocycles. The van der Waals surface area contributed by atoms with Crippen LogP contribution in [0.15, 0.2) is 24.3 Å². The van der Waals surface area contributed by atoms with Crippen molar-refractivity contribution in [3.8, 4) is 0 Å². The zero-order valence-electron chi connectivity index (χ0n) is 9.73. The fraction of sp³-hybridized carbons (Fsp3) is 0.385. The standard InChI is InChI=1S/C13H15NO3/c1-17-13(16)10-3-2-4-11(7-10)14-8-12(15)9-5-6-9/h2-4,7,9,14H,5-6,8H2,1H3. The predicted molar refractivity (Wildman–Crippen MR) is 64.0 cm³/mol. The van der Waals surface area contributed by atoms with E-state index in [9.17, 15) is 9.59 Å². The van der Waals surface area contributed by atoms with Crippen LogP contribution in [-0.2, 0) is 9.53 Å². The van der Waals surface area contributed by atoms with Crippen molar-refractivity contribution < 1.29 is 14.3 Å². The second-order valence-corrected chi connectivity index (χ2v) is 4.17. The summed E-state index contributed by atoms with van der Waals surface area (Å²) in [6.45, 7) is 0.329. The number of anilines is 1. The number of hydrogen-bond acceptors (Lipinski definition) is 4. The van der Waals surface area contributed by atoms with Gasteiger partial charge in [0.05, 0.1) is 19.2 Å². The highest BCUT2D eigenvalue weighted by molar-refractivity contribution is 5.91. The Morgan fingerprint density at radius 1 is 1.41 bits per heavy atom. The van der Waals surface area contributed by atoms with Gasteiger partial charge in [-0.2, -0.15) is 0 Å². The van der Waals surface area contributed by atoms with Crippen LogP contribution in [0, 0.1) is 5.92 Å². The molecule has 4 heteroatoms. The Morgan fingerprint density at radius 2 is 2.18 bits per heavy atom. The zero-order chi connectivity index (χ0) is 12.3. The van der Waals surface area contributed by atoms with E-state index in [0.29, 0.717) is 12.1 Å². The Hall–Kier alpha value is -1.84. The molecule has 0 bridgehead atoms. The number of methoxy groups -OCH3 is 1. The van der Waals surface area contributed by atoms with Gasteiger partial charge in [-0.05, 0) is 31.0 Å². The van der Waals surface area contributed by atoms with E-state index >= 15 is 0 Å². The Morgan fingerprint density at radius 3 is 2.82 bits per heavy atom. The van der Waals surface area contributed by atoms with Gasteiger partial charge in [0.1, 0.15) is 0 Å². The molecule has 1 N–H and O–H groups in total. The van der Waals surface area contributed by atoms with Crippen LogP contribution >= 0.6 is 0 Å². The zero-order valence-corrected chi connectivity index (χ0v) is 9.73. The molecule has 90 valence electrons. The van der Waals surface area contributed by atoms with E-state index in [2.05, 4.69) is 10.1 Å². The Labute approximate surface area is 100.0 Å². The van der Waals surface area contributed by atoms with Crippen molar-refractivity contribution in [1.29, 1.82) is 0 Å². The fourth-order valence-corrected chi connectivity index (χ4v) is 1.61. The molecule has 1 aromatic carbocycles. The Bertz CT molecular complexity index is 438. The molecule has 0 saturated heterocycles. The highest BCUT2D eigenvalue weighted by Crippen LogP contribution is 2.29. The summed E-state index contributed by atoms with van der Waals surface area (Å²) in [5.74, 6) is 0.127. The number of carbonyl (C=O) groups is 2. The number of esters is 1. The molecule has 0 spiro atoms. The summed E-state index contributed by atoms with van der Waals surface area (Å²) in [5.41, 5.74) is 1.25. The van der Waals surface area contributed by atoms with E-state index in [4.69, 9.17) is 0 Å². The normalized spacial score (nSPS) is 14.2. The topological polar surface area (TPSA) is 55.4 Å². The highest BCUT2D eigenvalue weighted by atomic mass is 16.5. The third-order valence-electron chi connectivity index (χ3n) is 2.78. The molecule has 0 atom stereocenters. The fourth-order valence-electron chi connectivity index (χ4n) is 1.61. The van der Waals surface area contributed by atoms with Gasteiger partial charge in [0.15, 0.2) is 5.78 Å². The van der Waals surface area contributed by atoms with Crippen LogP contribution in [-0.4, -0.2) is 25.4 Å². The lowest BCUT2D eigenvalue weighted by Crippen LogP contribution is -2.15. The maximum atomic E-state index is 11.5. The molecule has 0 unspecified atom stereocenters. The van der Waals surface area contributed by atoms with Crippen molar-refractivity contribution in [2.45, 2.75) is 12.8 Å². The lowest BCUT2D eigenvalue weighted by Gasteiger charge is -2.06. The van der Waals surface area contributed by atoms with Crippen molar-refractivity contribution >= 4 is 17.4 Å². The minimum Gasteiger partial charge on any atom is -0.465 e. The molecule has 0 heterocycles. The van der Waals surface area contributed by atoms with Crippen molar-refractivity contribution in [2.24, 2.45) is 5.92 Å². The first kappa shape index (κ1) is 11.6. The summed E-state index contributed by atoms with van der Waals surface area (Å²) < 4.78 is 4.63. The summed E-state index contributed by atoms with van der Waals surface area (Å²) in [4.78, 5) is 22.8. The second-order valence-electron chi connectivity index (χ2n) is 4.17. The smallest absolute Gasteiger partial charge is 0.337 e. The van der Waals surface area contributed by atoms with Gasteiger partial charge >= 0.3 is 5.97 Å². The van der Waals surface area contributed by atoms with E-state index in [1.165, 1.54) is 7.11 Å². The summed E-state index contributed by atoms with van der Waals surface area (Å²) >= 11 is 0. The quantitative estimate of drug-likeness (QED) is 0.789. The molecule has 4 nitrogen and oxygen atoms in total. The van der Waals surface area contributed by atoms with Crippen LogP contribution in [0.3, 0.4) is 0 Å². The lowest BCUT2D eigenvalue weighted by molar-refractivity contribution is -0.118. The maximum Gasteiger partial charge on any atom is 0.337 e. The van der Waals surface area contributed by atoms with Gasteiger partial charge < -0.3 is 10.1 Å². The molecule has 1 aliphatic rings. The van der Waals surface area contributed by atoms with Gasteiger partial charge in [-0.3, -0.25) is 4.79 Å². The number of hydrogen-bond donors (Lipinski definition) is 1. The van der Waals surface area contributed by atoms with Gasteiger partial charge in [-0.25, -0.2) is 4.79 Å². The number of rotatable bonds is 5. The first-order valence-electron chi connectivity index (χ1n) is 5.65. The van der Waals surface area contributed by atoms with Gasteiger partial charge in [0.2, 0.25) is 0 Å². The molecule has 0 radical (unpaired) electrons. The molecule has 0 aliphatic heterocycles. The maximum absolute atomic E-state index is 11.5. The van der Waals surface area contributed by atoms with Crippen molar-refractivity contribution in [1.82, 2.24) is 0 Å². The number of ketones is 1. The van der Waals surface area contributed by atoms with Crippen LogP contribution in [0.25, 0.3) is 0 Å². The highest BCUT2D eigenvalue weighted by Gasteiger charge is 2.28. The van der Waals surface area contributed by atoms with Gasteiger partial charge in [0, 0.05) is 11.6 Å². The summed E-state index contributed by atoms with van der Waals surface area (Å²) in [5, 5.41) is 3.03. The van der Waals surface area contributed by atoms with Gasteiger partial charge in [-0.1, -0.05) is 6.07 Å². The molecule has 1 fully saturated rings. The molecule has 2 rings (SSSR count). The predicted octanol–water partition coefficient (Wildman–Crippen LogP) is 1.86. The van der Waals surface area contributed by atoms with Crippen molar-refractivity contribution in [3.63, 3.8) is 0 Å².